The van der Waals surface area contributed by atoms with Crippen molar-refractivity contribution in [3.05, 3.63) is 313 Å². The Balaban J connectivity index is 0.000000153. The van der Waals surface area contributed by atoms with Crippen molar-refractivity contribution in [2.75, 3.05) is 21.3 Å². The second-order valence-corrected chi connectivity index (χ2v) is 38.3. The van der Waals surface area contributed by atoms with Gasteiger partial charge < -0.3 is 34.0 Å². The number of carboxylic acid groups (broad SMARTS) is 1. The van der Waals surface area contributed by atoms with Crippen LogP contribution >= 0.6 is 35.3 Å². The topological polar surface area (TPSA) is 212 Å². The first-order valence-electron chi connectivity index (χ1n) is 44.1. The third kappa shape index (κ3) is 20.4. The predicted molar refractivity (Wildman–Crippen MR) is 498 cm³/mol. The molecule has 4 aromatic heterocycles. The molecule has 12 aromatic rings. The Kier molecular flexibility index (Phi) is 28.1. The van der Waals surface area contributed by atoms with Crippen molar-refractivity contribution < 1.29 is 127 Å². The lowest BCUT2D eigenvalue weighted by molar-refractivity contribution is -0.142. The highest BCUT2D eigenvalue weighted by molar-refractivity contribution is 8.14. The number of carboxylic acids is 1. The van der Waals surface area contributed by atoms with Crippen molar-refractivity contribution in [3.63, 3.8) is 0 Å². The number of ketones is 2. The van der Waals surface area contributed by atoms with E-state index in [2.05, 4.69) is 19.9 Å². The largest absolute Gasteiger partial charge is 0.496 e. The van der Waals surface area contributed by atoms with E-state index in [-0.39, 0.29) is 62.8 Å². The van der Waals surface area contributed by atoms with Crippen LogP contribution in [0, 0.1) is 27.7 Å². The number of rotatable bonds is 18. The van der Waals surface area contributed by atoms with Gasteiger partial charge in [0.25, 0.3) is 15.7 Å². The summed E-state index contributed by atoms with van der Waals surface area (Å²) in [5.74, 6) is -0.338. The van der Waals surface area contributed by atoms with Crippen LogP contribution in [0.5, 0.6) is 17.4 Å². The van der Waals surface area contributed by atoms with Gasteiger partial charge in [-0.25, -0.2) is 9.78 Å². The molecule has 0 saturated carbocycles. The molecule has 18 rings (SSSR count). The number of alkyl halides is 18. The van der Waals surface area contributed by atoms with Gasteiger partial charge in [-0.2, -0.15) is 79.0 Å². The van der Waals surface area contributed by atoms with Crippen LogP contribution in [0.25, 0.3) is 66.8 Å². The normalized spacial score (nSPS) is 19.6. The summed E-state index contributed by atoms with van der Waals surface area (Å²) in [7, 11) is 4.28. The fourth-order valence-corrected chi connectivity index (χ4v) is 23.8. The van der Waals surface area contributed by atoms with Crippen molar-refractivity contribution in [3.8, 4) is 84.1 Å². The van der Waals surface area contributed by atoms with Crippen LogP contribution in [0.2, 0.25) is 0 Å². The highest BCUT2D eigenvalue weighted by atomic mass is 32.2. The molecule has 38 heteroatoms. The smallest absolute Gasteiger partial charge is 0.433 e. The number of nitrogens with zero attached hydrogens (tertiary/aromatic N) is 7. The van der Waals surface area contributed by atoms with Crippen LogP contribution in [-0.2, 0) is 37.1 Å². The van der Waals surface area contributed by atoms with Gasteiger partial charge in [-0.15, -0.1) is 0 Å². The Hall–Kier alpha value is -13.2. The van der Waals surface area contributed by atoms with E-state index >= 15 is 0 Å². The number of aromatic nitrogens is 4. The number of benzene rings is 8. The minimum absolute atomic E-state index is 0.0825. The maximum atomic E-state index is 14.1. The van der Waals surface area contributed by atoms with Crippen LogP contribution in [0.1, 0.15) is 207 Å². The van der Waals surface area contributed by atoms with Gasteiger partial charge in [-0.05, 0) is 308 Å². The Morgan fingerprint density at radius 2 is 0.655 bits per heavy atom. The zero-order valence-corrected chi connectivity index (χ0v) is 78.8. The van der Waals surface area contributed by atoms with E-state index in [1.165, 1.54) is 105 Å². The number of amides is 3. The summed E-state index contributed by atoms with van der Waals surface area (Å²) in [4.78, 5) is 95.1. The number of aromatic carboxylic acids is 1. The second kappa shape index (κ2) is 39.2. The molecule has 0 bridgehead atoms. The van der Waals surface area contributed by atoms with E-state index in [9.17, 15) is 113 Å². The van der Waals surface area contributed by atoms with E-state index in [1.54, 1.807) is 56.3 Å². The maximum absolute atomic E-state index is 14.1. The number of carbonyl (C=O) groups excluding carboxylic acids is 5. The van der Waals surface area contributed by atoms with Crippen molar-refractivity contribution in [1.82, 2.24) is 34.6 Å². The van der Waals surface area contributed by atoms with Crippen molar-refractivity contribution in [2.45, 2.75) is 169 Å². The summed E-state index contributed by atoms with van der Waals surface area (Å²) in [6.45, 7) is 10.2. The molecule has 0 aliphatic carbocycles. The van der Waals surface area contributed by atoms with E-state index in [0.717, 1.165) is 142 Å². The summed E-state index contributed by atoms with van der Waals surface area (Å²) in [6, 6.07) is 39.2. The standard InChI is InChI=1S/2C35H28F6N2O3S.C34H27F6N3O4S/c2*1-18-14-20(19(2)44)4-7-24(18)21-5-11-30(46-3)27(15-21)25-8-6-23(34(36,37)38)17-26(25)28-9-10-29-32(47-33(45)43(28)29)22-12-13-42-31(16-22)35(39,40)41;1-16-10-19(31(44)45)11-17(2)28(16)20-12-24(30(47-3)42-15-20)22-5-4-21(33(35,36)37)14-23(22)25-6-7-26-29(48-32(46)43(25)26)18-8-9-41-27(13-18)34(38,39)40/h2*4-8,11-17,28-29,32H,9-10H2,1-3H3;4-5,8-15,25-26,29H,6-7H2,1-3H3,(H,44,45)/t2*28-,29-,32+;25-,26-,29+/m000/s1. The minimum Gasteiger partial charge on any atom is -0.496 e. The van der Waals surface area contributed by atoms with Crippen molar-refractivity contribution >= 4 is 68.5 Å². The molecule has 17 nitrogen and oxygen atoms in total. The fraction of sp³-hybridized carbons (Fsp3) is 0.288. The average Bonchev–Trinajstić information content (AvgIpc) is 1.58. The third-order valence-electron chi connectivity index (χ3n) is 26.3. The van der Waals surface area contributed by atoms with Crippen LogP contribution < -0.4 is 14.2 Å². The number of fused-ring (bicyclic) bond motifs is 3. The number of methoxy groups -OCH3 is 3. The van der Waals surface area contributed by atoms with Gasteiger partial charge in [0.2, 0.25) is 5.88 Å². The van der Waals surface area contributed by atoms with Crippen LogP contribution in [0.3, 0.4) is 0 Å². The molecule has 6 fully saturated rings. The Bertz CT molecular complexity index is 6740. The first-order chi connectivity index (χ1) is 66.9. The van der Waals surface area contributed by atoms with E-state index in [0.29, 0.717) is 110 Å². The van der Waals surface area contributed by atoms with Gasteiger partial charge in [0.15, 0.2) is 11.6 Å². The number of hydrogen-bond acceptors (Lipinski definition) is 16. The van der Waals surface area contributed by atoms with Crippen LogP contribution in [0.15, 0.2) is 207 Å². The van der Waals surface area contributed by atoms with E-state index in [1.807, 2.05) is 50.2 Å². The molecule has 1 N–H and O–H groups in total. The van der Waals surface area contributed by atoms with Gasteiger partial charge in [0.1, 0.15) is 28.6 Å². The Labute approximate surface area is 813 Å². The molecule has 142 heavy (non-hydrogen) atoms. The van der Waals surface area contributed by atoms with Crippen LogP contribution in [0.4, 0.5) is 93.4 Å². The molecule has 6 saturated heterocycles. The molecular weight excluding hydrogens is 1950 g/mol. The predicted octanol–water partition coefficient (Wildman–Crippen LogP) is 29.5. The molecule has 6 aliphatic heterocycles. The first kappa shape index (κ1) is 102. The highest BCUT2D eigenvalue weighted by Crippen LogP contribution is 2.61. The summed E-state index contributed by atoms with van der Waals surface area (Å²) in [5, 5.41) is 6.22. The number of hydrogen-bond donors (Lipinski definition) is 1. The molecule has 0 unspecified atom stereocenters. The molecule has 8 aromatic carbocycles. The number of thioether (sulfide) groups is 3. The summed E-state index contributed by atoms with van der Waals surface area (Å²) in [6.07, 6.45) is -21.4. The number of Topliss-reactive ketones (excluding diaryl/α,β-unsaturated/α-hetero) is 2. The van der Waals surface area contributed by atoms with Gasteiger partial charge in [-0.1, -0.05) is 89.9 Å². The molecule has 3 amide bonds. The number of ether oxygens (including phenoxy) is 3. The fourth-order valence-electron chi connectivity index (χ4n) is 19.9. The van der Waals surface area contributed by atoms with Gasteiger partial charge >= 0.3 is 43.0 Å². The molecule has 9 atom stereocenters. The van der Waals surface area contributed by atoms with Gasteiger partial charge in [0.05, 0.1) is 77.5 Å². The van der Waals surface area contributed by atoms with E-state index in [4.69, 9.17) is 14.2 Å². The van der Waals surface area contributed by atoms with Gasteiger partial charge in [0, 0.05) is 76.3 Å². The zero-order valence-electron chi connectivity index (χ0n) is 76.3. The minimum atomic E-state index is -4.70. The zero-order chi connectivity index (χ0) is 102. The monoisotopic (exact) mass is 2030 g/mol. The summed E-state index contributed by atoms with van der Waals surface area (Å²) >= 11 is 2.59. The van der Waals surface area contributed by atoms with E-state index < -0.39 is 145 Å². The third-order valence-corrected chi connectivity index (χ3v) is 30.1. The van der Waals surface area contributed by atoms with Crippen molar-refractivity contribution in [2.24, 2.45) is 0 Å². The number of halogens is 18. The number of aryl methyl sites for hydroxylation is 4. The molecule has 738 valence electrons. The molecule has 0 radical (unpaired) electrons. The second-order valence-electron chi connectivity index (χ2n) is 35.0. The van der Waals surface area contributed by atoms with Crippen molar-refractivity contribution in [1.29, 1.82) is 0 Å². The Morgan fingerprint density at radius 3 is 0.951 bits per heavy atom. The summed E-state index contributed by atoms with van der Waals surface area (Å²) < 4.78 is 265. The molecule has 10 heterocycles. The maximum Gasteiger partial charge on any atom is 0.433 e. The summed E-state index contributed by atoms with van der Waals surface area (Å²) in [5.41, 5.74) is 6.71. The molecule has 6 aliphatic rings. The molecular formula is C104H83F18N7O10S3. The van der Waals surface area contributed by atoms with Crippen LogP contribution in [-0.4, -0.2) is 112 Å². The quantitative estimate of drug-likeness (QED) is 0.0625. The van der Waals surface area contributed by atoms with Gasteiger partial charge in [-0.3, -0.25) is 38.9 Å². The average molecular weight is 2030 g/mol. The number of carbonyl (C=O) groups is 6. The molecule has 0 spiro atoms. The first-order valence-corrected chi connectivity index (χ1v) is 46.8. The highest BCUT2D eigenvalue weighted by Gasteiger charge is 2.55. The lowest BCUT2D eigenvalue weighted by Crippen LogP contribution is -2.31. The lowest BCUT2D eigenvalue weighted by Gasteiger charge is -2.28. The SMILES string of the molecule is COc1ccc(-c2ccc(C(C)=O)cc2C)cc1-c1ccc(C(F)(F)F)cc1[C@@H]1CC[C@H]2[C@@H](c3ccnc(C(F)(F)F)c3)SC(=O)N12.COc1ccc(-c2ccc(C(C)=O)cc2C)cc1-c1ccc(C(F)(F)F)cc1[C@@H]1CC[C@H]2[C@@H](c3ccnc(C(F)(F)F)c3)SC(=O)N12.COc1ncc(-c2c(C)cc(C(=O)O)cc2C)cc1-c1ccc(C(F)(F)F)cc1[C@@H]1CC[C@H]2[C@@H](c3ccnc(C(F)(F)F)c3)SC(=O)N12. The Morgan fingerprint density at radius 1 is 0.338 bits per heavy atom. The lowest BCUT2D eigenvalue weighted by atomic mass is 9.89. The number of pyridine rings is 4.